The predicted molar refractivity (Wildman–Crippen MR) is 76.9 cm³/mol. The van der Waals surface area contributed by atoms with E-state index in [1.807, 2.05) is 24.3 Å². The molecule has 1 aromatic heterocycles. The van der Waals surface area contributed by atoms with Gasteiger partial charge in [-0.1, -0.05) is 12.1 Å². The molecule has 1 atom stereocenters. The molecule has 3 rings (SSSR count). The minimum Gasteiger partial charge on any atom is -0.352 e. The van der Waals surface area contributed by atoms with Gasteiger partial charge in [0.15, 0.2) is 0 Å². The molecular weight excluding hydrogens is 268 g/mol. The number of hydrogen-bond acceptors (Lipinski definition) is 5. The summed E-state index contributed by atoms with van der Waals surface area (Å²) in [6, 6.07) is 7.92. The Bertz CT molecular complexity index is 574. The van der Waals surface area contributed by atoms with Crippen molar-refractivity contribution in [3.8, 4) is 5.69 Å². The number of amides is 1. The standard InChI is InChI=1S/C14H18N6O/c21-14(17-12-2-1-7-15-9-12)8-11-3-5-13(6-4-11)20-10-16-18-19-20/h3-6,10,12,15H,1-2,7-9H2,(H,17,21)/t12-/m0/s1. The first-order chi connectivity index (χ1) is 10.3. The SMILES string of the molecule is O=C(Cc1ccc(-n2cnnn2)cc1)N[C@H]1CCCNC1. The summed E-state index contributed by atoms with van der Waals surface area (Å²) in [6.07, 6.45) is 4.10. The molecule has 7 nitrogen and oxygen atoms in total. The summed E-state index contributed by atoms with van der Waals surface area (Å²) in [4.78, 5) is 12.0. The third-order valence-electron chi connectivity index (χ3n) is 3.58. The fourth-order valence-electron chi connectivity index (χ4n) is 2.49. The molecule has 0 saturated carbocycles. The van der Waals surface area contributed by atoms with Gasteiger partial charge in [-0.25, -0.2) is 4.68 Å². The molecule has 21 heavy (non-hydrogen) atoms. The van der Waals surface area contributed by atoms with Crippen LogP contribution in [-0.4, -0.2) is 45.2 Å². The minimum absolute atomic E-state index is 0.0684. The van der Waals surface area contributed by atoms with E-state index in [4.69, 9.17) is 0 Å². The van der Waals surface area contributed by atoms with Crippen molar-refractivity contribution >= 4 is 5.91 Å². The molecule has 2 heterocycles. The van der Waals surface area contributed by atoms with E-state index in [0.29, 0.717) is 6.42 Å². The third-order valence-corrected chi connectivity index (χ3v) is 3.58. The molecule has 1 aromatic carbocycles. The Balaban J connectivity index is 1.56. The van der Waals surface area contributed by atoms with Gasteiger partial charge < -0.3 is 10.6 Å². The fourth-order valence-corrected chi connectivity index (χ4v) is 2.49. The minimum atomic E-state index is 0.0684. The molecule has 0 unspecified atom stereocenters. The van der Waals surface area contributed by atoms with Gasteiger partial charge in [-0.05, 0) is 47.5 Å². The number of hydrogen-bond donors (Lipinski definition) is 2. The molecule has 1 aliphatic heterocycles. The lowest BCUT2D eigenvalue weighted by Crippen LogP contribution is -2.46. The molecule has 0 spiro atoms. The van der Waals surface area contributed by atoms with Crippen LogP contribution in [0.25, 0.3) is 5.69 Å². The Morgan fingerprint density at radius 3 is 2.90 bits per heavy atom. The maximum absolute atomic E-state index is 12.0. The largest absolute Gasteiger partial charge is 0.352 e. The van der Waals surface area contributed by atoms with Gasteiger partial charge >= 0.3 is 0 Å². The van der Waals surface area contributed by atoms with Crippen molar-refractivity contribution < 1.29 is 4.79 Å². The molecule has 1 aliphatic rings. The maximum Gasteiger partial charge on any atom is 0.224 e. The third kappa shape index (κ3) is 3.63. The van der Waals surface area contributed by atoms with E-state index >= 15 is 0 Å². The molecule has 0 aliphatic carbocycles. The average Bonchev–Trinajstić information content (AvgIpc) is 3.03. The van der Waals surface area contributed by atoms with Gasteiger partial charge in [0.2, 0.25) is 5.91 Å². The number of piperidine rings is 1. The van der Waals surface area contributed by atoms with Crippen molar-refractivity contribution in [2.75, 3.05) is 13.1 Å². The van der Waals surface area contributed by atoms with Gasteiger partial charge in [0.1, 0.15) is 6.33 Å². The van der Waals surface area contributed by atoms with E-state index in [2.05, 4.69) is 26.2 Å². The predicted octanol–water partition coefficient (Wildman–Crippen LogP) is 0.0730. The van der Waals surface area contributed by atoms with Crippen LogP contribution in [0.4, 0.5) is 0 Å². The Labute approximate surface area is 122 Å². The quantitative estimate of drug-likeness (QED) is 0.831. The number of nitrogens with one attached hydrogen (secondary N) is 2. The molecule has 0 radical (unpaired) electrons. The van der Waals surface area contributed by atoms with Crippen LogP contribution in [0.1, 0.15) is 18.4 Å². The monoisotopic (exact) mass is 286 g/mol. The highest BCUT2D eigenvalue weighted by Gasteiger charge is 2.15. The highest BCUT2D eigenvalue weighted by atomic mass is 16.1. The van der Waals surface area contributed by atoms with E-state index in [9.17, 15) is 4.79 Å². The maximum atomic E-state index is 12.0. The molecule has 110 valence electrons. The summed E-state index contributed by atoms with van der Waals surface area (Å²) in [7, 11) is 0. The average molecular weight is 286 g/mol. The number of carbonyl (C=O) groups is 1. The van der Waals surface area contributed by atoms with Crippen molar-refractivity contribution in [2.45, 2.75) is 25.3 Å². The van der Waals surface area contributed by atoms with E-state index in [-0.39, 0.29) is 11.9 Å². The second kappa shape index (κ2) is 6.45. The van der Waals surface area contributed by atoms with Gasteiger partial charge in [0.25, 0.3) is 0 Å². The fraction of sp³-hybridized carbons (Fsp3) is 0.429. The smallest absolute Gasteiger partial charge is 0.224 e. The van der Waals surface area contributed by atoms with Crippen molar-refractivity contribution in [3.05, 3.63) is 36.2 Å². The number of rotatable bonds is 4. The van der Waals surface area contributed by atoms with Crippen molar-refractivity contribution in [2.24, 2.45) is 0 Å². The van der Waals surface area contributed by atoms with Crippen LogP contribution in [0.15, 0.2) is 30.6 Å². The van der Waals surface area contributed by atoms with Crippen LogP contribution >= 0.6 is 0 Å². The summed E-state index contributed by atoms with van der Waals surface area (Å²) in [5.74, 6) is 0.0684. The lowest BCUT2D eigenvalue weighted by molar-refractivity contribution is -0.121. The summed E-state index contributed by atoms with van der Waals surface area (Å²) in [5, 5.41) is 17.4. The molecule has 2 aromatic rings. The van der Waals surface area contributed by atoms with Gasteiger partial charge in [-0.15, -0.1) is 5.10 Å². The summed E-state index contributed by atoms with van der Waals surface area (Å²) >= 11 is 0. The second-order valence-electron chi connectivity index (χ2n) is 5.21. The zero-order valence-electron chi connectivity index (χ0n) is 11.7. The van der Waals surface area contributed by atoms with E-state index in [1.54, 1.807) is 4.68 Å². The lowest BCUT2D eigenvalue weighted by atomic mass is 10.1. The van der Waals surface area contributed by atoms with E-state index < -0.39 is 0 Å². The number of aromatic nitrogens is 4. The van der Waals surface area contributed by atoms with E-state index in [1.165, 1.54) is 6.33 Å². The summed E-state index contributed by atoms with van der Waals surface area (Å²) in [5.41, 5.74) is 1.86. The molecule has 1 saturated heterocycles. The molecular formula is C14H18N6O. The Kier molecular flexibility index (Phi) is 4.20. The molecule has 1 amide bonds. The second-order valence-corrected chi connectivity index (χ2v) is 5.21. The van der Waals surface area contributed by atoms with Crippen LogP contribution in [0, 0.1) is 0 Å². The van der Waals surface area contributed by atoms with Crippen molar-refractivity contribution in [1.29, 1.82) is 0 Å². The zero-order valence-corrected chi connectivity index (χ0v) is 11.7. The topological polar surface area (TPSA) is 84.7 Å². The highest BCUT2D eigenvalue weighted by molar-refractivity contribution is 5.78. The van der Waals surface area contributed by atoms with Crippen molar-refractivity contribution in [1.82, 2.24) is 30.8 Å². The first kappa shape index (κ1) is 13.7. The molecule has 1 fully saturated rings. The van der Waals surface area contributed by atoms with Gasteiger partial charge in [-0.3, -0.25) is 4.79 Å². The lowest BCUT2D eigenvalue weighted by Gasteiger charge is -2.23. The number of benzene rings is 1. The van der Waals surface area contributed by atoms with Gasteiger partial charge in [0.05, 0.1) is 12.1 Å². The zero-order chi connectivity index (χ0) is 14.5. The Morgan fingerprint density at radius 2 is 2.24 bits per heavy atom. The highest BCUT2D eigenvalue weighted by Crippen LogP contribution is 2.09. The Morgan fingerprint density at radius 1 is 1.38 bits per heavy atom. The Hall–Kier alpha value is -2.28. The van der Waals surface area contributed by atoms with Crippen LogP contribution in [0.5, 0.6) is 0 Å². The first-order valence-electron chi connectivity index (χ1n) is 7.13. The van der Waals surface area contributed by atoms with Crippen LogP contribution < -0.4 is 10.6 Å². The van der Waals surface area contributed by atoms with Gasteiger partial charge in [-0.2, -0.15) is 0 Å². The van der Waals surface area contributed by atoms with Gasteiger partial charge in [0, 0.05) is 12.6 Å². The molecule has 2 N–H and O–H groups in total. The normalized spacial score (nSPS) is 18.4. The summed E-state index contributed by atoms with van der Waals surface area (Å²) in [6.45, 7) is 1.91. The summed E-state index contributed by atoms with van der Waals surface area (Å²) < 4.78 is 1.58. The molecule has 7 heteroatoms. The van der Waals surface area contributed by atoms with Crippen LogP contribution in [0.3, 0.4) is 0 Å². The number of tetrazole rings is 1. The number of nitrogens with zero attached hydrogens (tertiary/aromatic N) is 4. The first-order valence-corrected chi connectivity index (χ1v) is 7.13. The van der Waals surface area contributed by atoms with E-state index in [0.717, 1.165) is 37.2 Å². The van der Waals surface area contributed by atoms with Crippen LogP contribution in [-0.2, 0) is 11.2 Å². The van der Waals surface area contributed by atoms with Crippen molar-refractivity contribution in [3.63, 3.8) is 0 Å². The number of carbonyl (C=O) groups excluding carboxylic acids is 1. The molecule has 0 bridgehead atoms. The van der Waals surface area contributed by atoms with Crippen LogP contribution in [0.2, 0.25) is 0 Å².